The molecule has 1 atom stereocenters. The fraction of sp³-hybridized carbons (Fsp3) is 0.533. The lowest BCUT2D eigenvalue weighted by molar-refractivity contribution is -0.145. The van der Waals surface area contributed by atoms with Gasteiger partial charge in [-0.3, -0.25) is 0 Å². The smallest absolute Gasteiger partial charge is 0.327 e. The predicted octanol–water partition coefficient (Wildman–Crippen LogP) is 2.69. The summed E-state index contributed by atoms with van der Waals surface area (Å²) in [5.74, 6) is 0.505. The molecule has 0 amide bonds. The Kier molecular flexibility index (Phi) is 6.36. The molecule has 106 valence electrons. The van der Waals surface area contributed by atoms with E-state index < -0.39 is 6.04 Å². The molecular formula is C15H23NO3. The SMILES string of the molecule is CCNC(C(=O)OCC)c1cccc(OC(C)C)c1. The molecule has 0 aliphatic carbocycles. The Morgan fingerprint density at radius 1 is 1.32 bits per heavy atom. The molecule has 0 aromatic heterocycles. The first-order valence-electron chi connectivity index (χ1n) is 6.75. The molecule has 4 nitrogen and oxygen atoms in total. The topological polar surface area (TPSA) is 47.6 Å². The number of esters is 1. The molecule has 0 aliphatic heterocycles. The van der Waals surface area contributed by atoms with Gasteiger partial charge in [-0.2, -0.15) is 0 Å². The second-order valence-corrected chi connectivity index (χ2v) is 4.48. The predicted molar refractivity (Wildman–Crippen MR) is 75.3 cm³/mol. The van der Waals surface area contributed by atoms with Gasteiger partial charge >= 0.3 is 5.97 Å². The Bertz CT molecular complexity index is 404. The Morgan fingerprint density at radius 3 is 2.63 bits per heavy atom. The van der Waals surface area contributed by atoms with Crippen LogP contribution in [0, 0.1) is 0 Å². The van der Waals surface area contributed by atoms with Crippen LogP contribution >= 0.6 is 0 Å². The summed E-state index contributed by atoms with van der Waals surface area (Å²) >= 11 is 0. The lowest BCUT2D eigenvalue weighted by Gasteiger charge is -2.18. The summed E-state index contributed by atoms with van der Waals surface area (Å²) in [4.78, 5) is 11.9. The van der Waals surface area contributed by atoms with Crippen molar-refractivity contribution in [2.24, 2.45) is 0 Å². The van der Waals surface area contributed by atoms with Crippen LogP contribution in [0.1, 0.15) is 39.3 Å². The van der Waals surface area contributed by atoms with Crippen molar-refractivity contribution in [2.75, 3.05) is 13.2 Å². The lowest BCUT2D eigenvalue weighted by atomic mass is 10.1. The van der Waals surface area contributed by atoms with E-state index in [1.165, 1.54) is 0 Å². The van der Waals surface area contributed by atoms with Gasteiger partial charge in [0.25, 0.3) is 0 Å². The number of ether oxygens (including phenoxy) is 2. The minimum absolute atomic E-state index is 0.107. The fourth-order valence-electron chi connectivity index (χ4n) is 1.81. The van der Waals surface area contributed by atoms with Crippen molar-refractivity contribution in [1.29, 1.82) is 0 Å². The second-order valence-electron chi connectivity index (χ2n) is 4.48. The molecular weight excluding hydrogens is 242 g/mol. The largest absolute Gasteiger partial charge is 0.491 e. The third-order valence-corrected chi connectivity index (χ3v) is 2.49. The van der Waals surface area contributed by atoms with Crippen LogP contribution in [0.2, 0.25) is 0 Å². The minimum Gasteiger partial charge on any atom is -0.491 e. The molecule has 4 heteroatoms. The highest BCUT2D eigenvalue weighted by molar-refractivity contribution is 5.77. The molecule has 19 heavy (non-hydrogen) atoms. The molecule has 0 heterocycles. The van der Waals surface area contributed by atoms with Gasteiger partial charge in [-0.15, -0.1) is 0 Å². The Labute approximate surface area is 115 Å². The van der Waals surface area contributed by atoms with Gasteiger partial charge in [-0.05, 0) is 45.0 Å². The van der Waals surface area contributed by atoms with Crippen molar-refractivity contribution in [1.82, 2.24) is 5.32 Å². The molecule has 0 spiro atoms. The van der Waals surface area contributed by atoms with Crippen LogP contribution in [0.4, 0.5) is 0 Å². The van der Waals surface area contributed by atoms with E-state index in [0.29, 0.717) is 13.2 Å². The highest BCUT2D eigenvalue weighted by Crippen LogP contribution is 2.21. The number of hydrogen-bond acceptors (Lipinski definition) is 4. The highest BCUT2D eigenvalue weighted by atomic mass is 16.5. The van der Waals surface area contributed by atoms with Gasteiger partial charge < -0.3 is 14.8 Å². The summed E-state index contributed by atoms with van der Waals surface area (Å²) in [7, 11) is 0. The Morgan fingerprint density at radius 2 is 2.05 bits per heavy atom. The quantitative estimate of drug-likeness (QED) is 0.770. The van der Waals surface area contributed by atoms with Crippen molar-refractivity contribution in [2.45, 2.75) is 39.8 Å². The maximum atomic E-state index is 11.9. The van der Waals surface area contributed by atoms with E-state index in [1.807, 2.05) is 45.0 Å². The van der Waals surface area contributed by atoms with Crippen LogP contribution in [-0.2, 0) is 9.53 Å². The average Bonchev–Trinajstić information content (AvgIpc) is 2.35. The van der Waals surface area contributed by atoms with Crippen molar-refractivity contribution in [3.63, 3.8) is 0 Å². The van der Waals surface area contributed by atoms with Gasteiger partial charge in [-0.25, -0.2) is 4.79 Å². The Balaban J connectivity index is 2.92. The molecule has 0 radical (unpaired) electrons. The van der Waals surface area contributed by atoms with Crippen LogP contribution in [0.5, 0.6) is 5.75 Å². The number of nitrogens with one attached hydrogen (secondary N) is 1. The summed E-state index contributed by atoms with van der Waals surface area (Å²) in [5, 5.41) is 3.13. The number of benzene rings is 1. The van der Waals surface area contributed by atoms with Crippen LogP contribution in [-0.4, -0.2) is 25.2 Å². The van der Waals surface area contributed by atoms with Crippen LogP contribution in [0.3, 0.4) is 0 Å². The number of rotatable bonds is 7. The lowest BCUT2D eigenvalue weighted by Crippen LogP contribution is -2.30. The zero-order valence-electron chi connectivity index (χ0n) is 12.1. The number of carbonyl (C=O) groups excluding carboxylic acids is 1. The van der Waals surface area contributed by atoms with Crippen molar-refractivity contribution in [3.8, 4) is 5.75 Å². The number of hydrogen-bond donors (Lipinski definition) is 1. The molecule has 1 rings (SSSR count). The summed E-state index contributed by atoms with van der Waals surface area (Å²) in [6, 6.07) is 7.11. The standard InChI is InChI=1S/C15H23NO3/c1-5-16-14(15(17)18-6-2)12-8-7-9-13(10-12)19-11(3)4/h7-11,14,16H,5-6H2,1-4H3. The third kappa shape index (κ3) is 4.91. The van der Waals surface area contributed by atoms with E-state index in [2.05, 4.69) is 5.32 Å². The van der Waals surface area contributed by atoms with Crippen LogP contribution in [0.15, 0.2) is 24.3 Å². The second kappa shape index (κ2) is 7.79. The minimum atomic E-state index is -0.444. The first kappa shape index (κ1) is 15.5. The van der Waals surface area contributed by atoms with Gasteiger partial charge in [0, 0.05) is 0 Å². The monoisotopic (exact) mass is 265 g/mol. The highest BCUT2D eigenvalue weighted by Gasteiger charge is 2.21. The number of carbonyl (C=O) groups is 1. The molecule has 1 N–H and O–H groups in total. The maximum Gasteiger partial charge on any atom is 0.327 e. The third-order valence-electron chi connectivity index (χ3n) is 2.49. The normalized spacial score (nSPS) is 12.3. The summed E-state index contributed by atoms with van der Waals surface area (Å²) in [6.07, 6.45) is 0.107. The van der Waals surface area contributed by atoms with E-state index in [1.54, 1.807) is 6.92 Å². The Hall–Kier alpha value is -1.55. The van der Waals surface area contributed by atoms with Crippen molar-refractivity contribution < 1.29 is 14.3 Å². The first-order chi connectivity index (χ1) is 9.08. The number of likely N-dealkylation sites (N-methyl/N-ethyl adjacent to an activating group) is 1. The molecule has 0 saturated carbocycles. The average molecular weight is 265 g/mol. The van der Waals surface area contributed by atoms with Gasteiger partial charge in [0.05, 0.1) is 12.7 Å². The van der Waals surface area contributed by atoms with Gasteiger partial charge in [-0.1, -0.05) is 19.1 Å². The van der Waals surface area contributed by atoms with Gasteiger partial charge in [0.15, 0.2) is 0 Å². The molecule has 0 saturated heterocycles. The van der Waals surface area contributed by atoms with E-state index in [-0.39, 0.29) is 12.1 Å². The fourth-order valence-corrected chi connectivity index (χ4v) is 1.81. The molecule has 1 aromatic carbocycles. The van der Waals surface area contributed by atoms with E-state index in [9.17, 15) is 4.79 Å². The van der Waals surface area contributed by atoms with Crippen molar-refractivity contribution in [3.05, 3.63) is 29.8 Å². The zero-order valence-corrected chi connectivity index (χ0v) is 12.1. The van der Waals surface area contributed by atoms with Crippen molar-refractivity contribution >= 4 is 5.97 Å². The summed E-state index contributed by atoms with van der Waals surface area (Å²) in [5.41, 5.74) is 0.860. The first-order valence-corrected chi connectivity index (χ1v) is 6.75. The zero-order chi connectivity index (χ0) is 14.3. The molecule has 1 unspecified atom stereocenters. The van der Waals surface area contributed by atoms with Crippen LogP contribution in [0.25, 0.3) is 0 Å². The van der Waals surface area contributed by atoms with Crippen LogP contribution < -0.4 is 10.1 Å². The molecule has 0 aliphatic rings. The summed E-state index contributed by atoms with van der Waals surface area (Å²) < 4.78 is 10.7. The van der Waals surface area contributed by atoms with E-state index in [4.69, 9.17) is 9.47 Å². The molecule has 1 aromatic rings. The maximum absolute atomic E-state index is 11.9. The molecule has 0 fully saturated rings. The van der Waals surface area contributed by atoms with Gasteiger partial charge in [0.1, 0.15) is 11.8 Å². The van der Waals surface area contributed by atoms with Gasteiger partial charge in [0.2, 0.25) is 0 Å². The molecule has 0 bridgehead atoms. The van der Waals surface area contributed by atoms with E-state index in [0.717, 1.165) is 11.3 Å². The van der Waals surface area contributed by atoms with E-state index >= 15 is 0 Å². The summed E-state index contributed by atoms with van der Waals surface area (Å²) in [6.45, 7) is 8.78.